The summed E-state index contributed by atoms with van der Waals surface area (Å²) in [5, 5.41) is 0. The summed E-state index contributed by atoms with van der Waals surface area (Å²) in [4.78, 5) is 0. The van der Waals surface area contributed by atoms with Crippen LogP contribution in [0.15, 0.2) is 66.7 Å². The Balaban J connectivity index is 0.000000490. The normalized spacial score (nSPS) is 10.2. The van der Waals surface area contributed by atoms with Gasteiger partial charge in [0.15, 0.2) is 0 Å². The zero-order valence-corrected chi connectivity index (χ0v) is 20.3. The Bertz CT molecular complexity index is 737. The number of unbranched alkanes of at least 4 members (excludes halogenated alkanes) is 5. The molecule has 0 amide bonds. The molecule has 0 bridgehead atoms. The Hall–Kier alpha value is -0.916. The van der Waals surface area contributed by atoms with E-state index in [1.165, 1.54) is 72.8 Å². The van der Waals surface area contributed by atoms with E-state index in [1.807, 2.05) is 6.07 Å². The van der Waals surface area contributed by atoms with Crippen molar-refractivity contribution in [2.24, 2.45) is 0 Å². The molecule has 0 spiro atoms. The van der Waals surface area contributed by atoms with Crippen molar-refractivity contribution in [3.05, 3.63) is 89.5 Å². The number of benzene rings is 2. The van der Waals surface area contributed by atoms with E-state index in [4.69, 9.17) is 0 Å². The summed E-state index contributed by atoms with van der Waals surface area (Å²) in [6.07, 6.45) is 10.7. The van der Waals surface area contributed by atoms with Gasteiger partial charge in [-0.3, -0.25) is 0 Å². The Morgan fingerprint density at radius 1 is 0.793 bits per heavy atom. The predicted molar refractivity (Wildman–Crippen MR) is 113 cm³/mol. The Labute approximate surface area is 204 Å². The van der Waals surface area contributed by atoms with E-state index in [9.17, 15) is 0 Å². The molecule has 0 radical (unpaired) electrons. The summed E-state index contributed by atoms with van der Waals surface area (Å²) in [5.74, 6) is 0. The van der Waals surface area contributed by atoms with Crippen molar-refractivity contribution in [1.82, 2.24) is 0 Å². The molecule has 152 valence electrons. The Morgan fingerprint density at radius 2 is 1.45 bits per heavy atom. The number of aryl methyl sites for hydroxylation is 1. The second kappa shape index (κ2) is 15.9. The van der Waals surface area contributed by atoms with E-state index in [0.717, 1.165) is 6.42 Å². The molecule has 29 heavy (non-hydrogen) atoms. The van der Waals surface area contributed by atoms with Crippen molar-refractivity contribution < 1.29 is 46.5 Å². The quantitative estimate of drug-likeness (QED) is 0.222. The standard InChI is InChI=1S/C13H9.C13H21.2ClH.Ti/c1-3-7-12-10(5-1)9-11-6-2-4-8-13(11)12;1-2-3-4-5-6-7-10-13-11-8-9-12-13;;;/h1-5,7-8H,9H2;8-9,11-12H,2-7,10H2,1H3;2*1H;/q2*-1;;;+4/p-2. The summed E-state index contributed by atoms with van der Waals surface area (Å²) >= 11 is 0. The van der Waals surface area contributed by atoms with Gasteiger partial charge >= 0.3 is 21.7 Å². The first-order valence-corrected chi connectivity index (χ1v) is 10.2. The molecule has 3 aromatic rings. The minimum atomic E-state index is 0. The van der Waals surface area contributed by atoms with Gasteiger partial charge in [-0.2, -0.15) is 47.5 Å². The molecule has 1 aliphatic rings. The second-order valence-corrected chi connectivity index (χ2v) is 7.21. The molecule has 3 aromatic carbocycles. The minimum Gasteiger partial charge on any atom is -1.00 e. The van der Waals surface area contributed by atoms with E-state index >= 15 is 0 Å². The third-order valence-corrected chi connectivity index (χ3v) is 5.17. The fraction of sp³-hybridized carbons (Fsp3) is 0.346. The molecule has 0 aromatic heterocycles. The van der Waals surface area contributed by atoms with Crippen LogP contribution in [0.1, 0.15) is 62.1 Å². The predicted octanol–water partition coefficient (Wildman–Crippen LogP) is 1.37. The van der Waals surface area contributed by atoms with E-state index in [2.05, 4.69) is 73.7 Å². The van der Waals surface area contributed by atoms with Crippen LogP contribution in [0.3, 0.4) is 0 Å². The molecule has 0 fully saturated rings. The maximum Gasteiger partial charge on any atom is 4.00 e. The van der Waals surface area contributed by atoms with E-state index in [0.29, 0.717) is 0 Å². The number of halogens is 2. The topological polar surface area (TPSA) is 0 Å². The molecule has 0 N–H and O–H groups in total. The monoisotopic (exact) mass is 460 g/mol. The maximum atomic E-state index is 3.30. The van der Waals surface area contributed by atoms with Gasteiger partial charge in [-0.1, -0.05) is 87.3 Å². The average Bonchev–Trinajstić information content (AvgIpc) is 3.32. The van der Waals surface area contributed by atoms with Gasteiger partial charge in [0.25, 0.3) is 0 Å². The van der Waals surface area contributed by atoms with Crippen LogP contribution in [0, 0.1) is 6.07 Å². The van der Waals surface area contributed by atoms with Gasteiger partial charge in [0, 0.05) is 0 Å². The number of hydrogen-bond acceptors (Lipinski definition) is 0. The smallest absolute Gasteiger partial charge is 1.00 e. The van der Waals surface area contributed by atoms with Crippen molar-refractivity contribution in [2.45, 2.75) is 58.3 Å². The van der Waals surface area contributed by atoms with Gasteiger partial charge in [0.1, 0.15) is 0 Å². The molecule has 0 saturated heterocycles. The zero-order valence-electron chi connectivity index (χ0n) is 17.3. The van der Waals surface area contributed by atoms with Gasteiger partial charge < -0.3 is 24.8 Å². The van der Waals surface area contributed by atoms with E-state index in [1.54, 1.807) is 0 Å². The van der Waals surface area contributed by atoms with Crippen molar-refractivity contribution in [3.63, 3.8) is 0 Å². The largest absolute Gasteiger partial charge is 4.00 e. The average molecular weight is 461 g/mol. The molecule has 0 nitrogen and oxygen atoms in total. The zero-order chi connectivity index (χ0) is 18.0. The Kier molecular flexibility index (Phi) is 15.4. The van der Waals surface area contributed by atoms with Gasteiger partial charge in [-0.05, 0) is 6.42 Å². The van der Waals surface area contributed by atoms with Crippen LogP contribution in [-0.2, 0) is 34.6 Å². The summed E-state index contributed by atoms with van der Waals surface area (Å²) in [5.41, 5.74) is 7.02. The molecule has 0 unspecified atom stereocenters. The fourth-order valence-corrected chi connectivity index (χ4v) is 3.69. The van der Waals surface area contributed by atoms with E-state index in [-0.39, 0.29) is 46.5 Å². The van der Waals surface area contributed by atoms with Crippen molar-refractivity contribution in [3.8, 4) is 11.1 Å². The van der Waals surface area contributed by atoms with Crippen molar-refractivity contribution in [1.29, 1.82) is 0 Å². The SMILES string of the molecule is CCCCCCCC[c-]1cccc1.[Cl-].[Cl-].[Ti+4].[c-]1cccc2c1Cc1ccccc1-2. The summed E-state index contributed by atoms with van der Waals surface area (Å²) < 4.78 is 0. The molecular weight excluding hydrogens is 431 g/mol. The molecule has 0 atom stereocenters. The van der Waals surface area contributed by atoms with Crippen LogP contribution < -0.4 is 24.8 Å². The maximum absolute atomic E-state index is 3.30. The molecule has 1 aliphatic carbocycles. The van der Waals surface area contributed by atoms with Gasteiger partial charge in [0.05, 0.1) is 0 Å². The summed E-state index contributed by atoms with van der Waals surface area (Å²) in [6, 6.07) is 26.8. The van der Waals surface area contributed by atoms with E-state index < -0.39 is 0 Å². The summed E-state index contributed by atoms with van der Waals surface area (Å²) in [6.45, 7) is 2.27. The number of fused-ring (bicyclic) bond motifs is 3. The third kappa shape index (κ3) is 8.77. The van der Waals surface area contributed by atoms with Crippen LogP contribution >= 0.6 is 0 Å². The van der Waals surface area contributed by atoms with Crippen LogP contribution in [0.25, 0.3) is 11.1 Å². The number of hydrogen-bond donors (Lipinski definition) is 0. The molecule has 3 heteroatoms. The third-order valence-electron chi connectivity index (χ3n) is 5.17. The Morgan fingerprint density at radius 3 is 2.21 bits per heavy atom. The van der Waals surface area contributed by atoms with Crippen molar-refractivity contribution >= 4 is 0 Å². The first-order valence-electron chi connectivity index (χ1n) is 10.2. The minimum absolute atomic E-state index is 0. The first-order chi connectivity index (χ1) is 12.9. The molecular formula is C26H30Cl2Ti. The fourth-order valence-electron chi connectivity index (χ4n) is 3.69. The molecule has 0 aliphatic heterocycles. The first kappa shape index (κ1) is 28.1. The van der Waals surface area contributed by atoms with Crippen LogP contribution in [0.4, 0.5) is 0 Å². The van der Waals surface area contributed by atoms with Crippen LogP contribution in [-0.4, -0.2) is 0 Å². The van der Waals surface area contributed by atoms with Gasteiger partial charge in [0.2, 0.25) is 0 Å². The van der Waals surface area contributed by atoms with Crippen LogP contribution in [0.5, 0.6) is 0 Å². The molecule has 0 heterocycles. The van der Waals surface area contributed by atoms with Gasteiger partial charge in [-0.25, -0.2) is 12.1 Å². The van der Waals surface area contributed by atoms with Crippen LogP contribution in [0.2, 0.25) is 0 Å². The van der Waals surface area contributed by atoms with Crippen molar-refractivity contribution in [2.75, 3.05) is 0 Å². The van der Waals surface area contributed by atoms with Gasteiger partial charge in [-0.15, -0.1) is 5.56 Å². The second-order valence-electron chi connectivity index (χ2n) is 7.21. The number of rotatable bonds is 7. The summed E-state index contributed by atoms with van der Waals surface area (Å²) in [7, 11) is 0. The molecule has 4 rings (SSSR count). The molecule has 0 saturated carbocycles.